The van der Waals surface area contributed by atoms with Crippen molar-refractivity contribution in [2.75, 3.05) is 26.6 Å². The van der Waals surface area contributed by atoms with E-state index < -0.39 is 6.10 Å². The highest BCUT2D eigenvalue weighted by Gasteiger charge is 2.26. The van der Waals surface area contributed by atoms with Crippen molar-refractivity contribution in [2.45, 2.75) is 32.3 Å². The summed E-state index contributed by atoms with van der Waals surface area (Å²) in [6.45, 7) is 6.33. The zero-order chi connectivity index (χ0) is 24.6. The number of halogens is 3. The highest BCUT2D eigenvalue weighted by molar-refractivity contribution is 6.37. The summed E-state index contributed by atoms with van der Waals surface area (Å²) in [7, 11) is 3.25. The number of alkyl halides is 1. The molecule has 0 aromatic heterocycles. The molecule has 0 aliphatic rings. The fourth-order valence-corrected chi connectivity index (χ4v) is 3.78. The second kappa shape index (κ2) is 12.4. The quantitative estimate of drug-likeness (QED) is 0.113. The van der Waals surface area contributed by atoms with Gasteiger partial charge in [0.25, 0.3) is 0 Å². The van der Waals surface area contributed by atoms with Gasteiger partial charge in [-0.2, -0.15) is 0 Å². The molecule has 1 atom stereocenters. The predicted molar refractivity (Wildman–Crippen MR) is 134 cm³/mol. The lowest BCUT2D eigenvalue weighted by atomic mass is 9.78. The van der Waals surface area contributed by atoms with Crippen molar-refractivity contribution in [1.82, 2.24) is 5.06 Å². The van der Waals surface area contributed by atoms with Gasteiger partial charge >= 0.3 is 0 Å². The highest BCUT2D eigenvalue weighted by atomic mass is 35.5. The van der Waals surface area contributed by atoms with E-state index in [1.54, 1.807) is 13.2 Å². The van der Waals surface area contributed by atoms with Crippen molar-refractivity contribution in [2.24, 2.45) is 0 Å². The Morgan fingerprint density at radius 3 is 2.24 bits per heavy atom. The van der Waals surface area contributed by atoms with Crippen molar-refractivity contribution in [3.05, 3.63) is 69.5 Å². The van der Waals surface area contributed by atoms with Crippen LogP contribution in [0.3, 0.4) is 0 Å². The standard InChI is InChI=1S/C24H29Cl3N2O4/c1-16(22(32-15-28)14-29(4)30-5)33-19-8-6-17(7-9-19)24(2,3)18-12-20(26)23(21(27)13-18)31-11-10-25/h6-9,12-16,28H,10-11H2,1-5H3/b22-14+,28-15?. The highest BCUT2D eigenvalue weighted by Crippen LogP contribution is 2.40. The fraction of sp³-hybridized carbons (Fsp3) is 0.375. The van der Waals surface area contributed by atoms with Crippen molar-refractivity contribution in [1.29, 1.82) is 5.41 Å². The molecule has 0 fully saturated rings. The van der Waals surface area contributed by atoms with Gasteiger partial charge in [0.05, 0.1) is 29.2 Å². The number of rotatable bonds is 12. The van der Waals surface area contributed by atoms with Crippen LogP contribution in [0.4, 0.5) is 0 Å². The zero-order valence-electron chi connectivity index (χ0n) is 19.3. The van der Waals surface area contributed by atoms with E-state index >= 15 is 0 Å². The molecule has 0 aliphatic carbocycles. The number of ether oxygens (including phenoxy) is 3. The molecule has 0 saturated carbocycles. The first-order chi connectivity index (χ1) is 15.6. The van der Waals surface area contributed by atoms with Crippen molar-refractivity contribution >= 4 is 41.2 Å². The van der Waals surface area contributed by atoms with Gasteiger partial charge in [-0.25, -0.2) is 0 Å². The summed E-state index contributed by atoms with van der Waals surface area (Å²) in [5.74, 6) is 1.87. The Hall–Kier alpha value is -2.12. The number of benzene rings is 2. The van der Waals surface area contributed by atoms with Gasteiger partial charge in [-0.3, -0.25) is 15.3 Å². The second-order valence-corrected chi connectivity index (χ2v) is 8.90. The molecule has 0 radical (unpaired) electrons. The van der Waals surface area contributed by atoms with Crippen molar-refractivity contribution < 1.29 is 19.0 Å². The lowest BCUT2D eigenvalue weighted by Gasteiger charge is -2.27. The van der Waals surface area contributed by atoms with E-state index in [0.717, 1.165) is 17.5 Å². The molecule has 2 aromatic rings. The van der Waals surface area contributed by atoms with E-state index in [4.69, 9.17) is 59.3 Å². The summed E-state index contributed by atoms with van der Waals surface area (Å²) in [6.07, 6.45) is 2.02. The largest absolute Gasteiger partial charge is 0.489 e. The average molecular weight is 516 g/mol. The molecule has 0 heterocycles. The molecule has 9 heteroatoms. The van der Waals surface area contributed by atoms with E-state index in [-0.39, 0.29) is 5.41 Å². The van der Waals surface area contributed by atoms with Gasteiger partial charge in [-0.05, 0) is 42.3 Å². The Morgan fingerprint density at radius 1 is 1.12 bits per heavy atom. The Labute approximate surface area is 210 Å². The van der Waals surface area contributed by atoms with Crippen LogP contribution in [0.5, 0.6) is 11.5 Å². The van der Waals surface area contributed by atoms with Crippen LogP contribution in [0.25, 0.3) is 0 Å². The van der Waals surface area contributed by atoms with Gasteiger partial charge in [0.15, 0.2) is 24.0 Å². The number of hydrogen-bond donors (Lipinski definition) is 1. The summed E-state index contributed by atoms with van der Waals surface area (Å²) in [5, 5.41) is 9.57. The van der Waals surface area contributed by atoms with Crippen LogP contribution >= 0.6 is 34.8 Å². The zero-order valence-corrected chi connectivity index (χ0v) is 21.6. The van der Waals surface area contributed by atoms with E-state index in [1.807, 2.05) is 43.3 Å². The van der Waals surface area contributed by atoms with Crippen LogP contribution in [0, 0.1) is 5.41 Å². The first-order valence-electron chi connectivity index (χ1n) is 10.2. The monoisotopic (exact) mass is 514 g/mol. The van der Waals surface area contributed by atoms with Crippen LogP contribution in [-0.2, 0) is 15.0 Å². The summed E-state index contributed by atoms with van der Waals surface area (Å²) in [6, 6.07) is 11.5. The minimum atomic E-state index is -0.443. The molecule has 33 heavy (non-hydrogen) atoms. The van der Waals surface area contributed by atoms with Crippen LogP contribution in [0.15, 0.2) is 48.4 Å². The fourth-order valence-electron chi connectivity index (χ4n) is 3.11. The SMILES string of the molecule is CON(C)/C=C(/OC=N)C(C)Oc1ccc(C(C)(C)c2cc(Cl)c(OCCCl)c(Cl)c2)cc1. The van der Waals surface area contributed by atoms with Crippen molar-refractivity contribution in [3.63, 3.8) is 0 Å². The van der Waals surface area contributed by atoms with Gasteiger partial charge in [0, 0.05) is 12.5 Å². The molecule has 1 unspecified atom stereocenters. The van der Waals surface area contributed by atoms with Gasteiger partial charge in [-0.15, -0.1) is 11.6 Å². The lowest BCUT2D eigenvalue weighted by Crippen LogP contribution is -2.21. The average Bonchev–Trinajstić information content (AvgIpc) is 2.78. The van der Waals surface area contributed by atoms with Crippen molar-refractivity contribution in [3.8, 4) is 11.5 Å². The molecule has 2 rings (SSSR count). The minimum absolute atomic E-state index is 0.327. The molecule has 6 nitrogen and oxygen atoms in total. The third-order valence-corrected chi connectivity index (χ3v) is 5.84. The Morgan fingerprint density at radius 2 is 1.73 bits per heavy atom. The molecule has 0 saturated heterocycles. The first-order valence-corrected chi connectivity index (χ1v) is 11.5. The molecule has 0 amide bonds. The number of nitrogens with one attached hydrogen (secondary N) is 1. The molecular formula is C24H29Cl3N2O4. The van der Waals surface area contributed by atoms with E-state index in [1.165, 1.54) is 12.2 Å². The molecule has 1 N–H and O–H groups in total. The third kappa shape index (κ3) is 7.18. The molecule has 2 aromatic carbocycles. The van der Waals surface area contributed by atoms with E-state index in [9.17, 15) is 0 Å². The Kier molecular flexibility index (Phi) is 10.2. The summed E-state index contributed by atoms with van der Waals surface area (Å²) >= 11 is 18.6. The van der Waals surface area contributed by atoms with E-state index in [0.29, 0.717) is 39.8 Å². The molecular weight excluding hydrogens is 487 g/mol. The number of nitrogens with zero attached hydrogens (tertiary/aromatic N) is 1. The van der Waals surface area contributed by atoms with Gasteiger partial charge in [0.2, 0.25) is 0 Å². The topological polar surface area (TPSA) is 64.0 Å². The predicted octanol–water partition coefficient (Wildman–Crippen LogP) is 6.66. The summed E-state index contributed by atoms with van der Waals surface area (Å²) in [5.41, 5.74) is 1.62. The lowest BCUT2D eigenvalue weighted by molar-refractivity contribution is -0.0681. The Bertz CT molecular complexity index is 942. The summed E-state index contributed by atoms with van der Waals surface area (Å²) < 4.78 is 16.8. The van der Waals surface area contributed by atoms with Crippen LogP contribution in [0.2, 0.25) is 10.0 Å². The van der Waals surface area contributed by atoms with Gasteiger partial charge in [0.1, 0.15) is 12.4 Å². The smallest absolute Gasteiger partial charge is 0.173 e. The maximum atomic E-state index is 7.23. The molecule has 180 valence electrons. The minimum Gasteiger partial charge on any atom is -0.489 e. The first kappa shape index (κ1) is 27.1. The number of hydroxylamine groups is 2. The normalized spacial score (nSPS) is 12.8. The van der Waals surface area contributed by atoms with Crippen LogP contribution in [-0.4, -0.2) is 44.2 Å². The van der Waals surface area contributed by atoms with Crippen LogP contribution in [0.1, 0.15) is 31.9 Å². The van der Waals surface area contributed by atoms with Gasteiger partial charge < -0.3 is 14.2 Å². The molecule has 0 bridgehead atoms. The van der Waals surface area contributed by atoms with E-state index in [2.05, 4.69) is 13.8 Å². The second-order valence-electron chi connectivity index (χ2n) is 7.71. The maximum absolute atomic E-state index is 7.23. The van der Waals surface area contributed by atoms with Gasteiger partial charge in [-0.1, -0.05) is 49.2 Å². The summed E-state index contributed by atoms with van der Waals surface area (Å²) in [4.78, 5) is 5.08. The Balaban J connectivity index is 2.23. The molecule has 0 aliphatic heterocycles. The third-order valence-electron chi connectivity index (χ3n) is 5.13. The van der Waals surface area contributed by atoms with Crippen LogP contribution < -0.4 is 9.47 Å². The number of hydrogen-bond acceptors (Lipinski definition) is 6. The molecule has 0 spiro atoms. The maximum Gasteiger partial charge on any atom is 0.173 e.